The zero-order chi connectivity index (χ0) is 16.0. The van der Waals surface area contributed by atoms with E-state index in [1.165, 1.54) is 21.3 Å². The average Bonchev–Trinajstić information content (AvgIpc) is 2.47. The maximum absolute atomic E-state index is 11.7. The molecule has 0 aliphatic carbocycles. The van der Waals surface area contributed by atoms with Crippen LogP contribution in [0.15, 0.2) is 23.9 Å². The predicted molar refractivity (Wildman–Crippen MR) is 86.5 cm³/mol. The highest BCUT2D eigenvalue weighted by atomic mass is 127. The van der Waals surface area contributed by atoms with E-state index in [9.17, 15) is 9.59 Å². The number of methoxy groups -OCH3 is 3. The van der Waals surface area contributed by atoms with Gasteiger partial charge in [0.1, 0.15) is 11.4 Å². The Hall–Kier alpha value is -1.48. The van der Waals surface area contributed by atoms with E-state index in [1.807, 2.05) is 22.6 Å². The summed E-state index contributed by atoms with van der Waals surface area (Å²) >= 11 is 8.03. The van der Waals surface area contributed by atoms with Gasteiger partial charge in [0.15, 0.2) is 0 Å². The van der Waals surface area contributed by atoms with E-state index in [2.05, 4.69) is 14.8 Å². The van der Waals surface area contributed by atoms with Crippen LogP contribution in [0.25, 0.3) is 0 Å². The Morgan fingerprint density at radius 3 is 2.43 bits per heavy atom. The molecular formula is C13H13ClINO5. The molecule has 21 heavy (non-hydrogen) atoms. The Kier molecular flexibility index (Phi) is 6.76. The molecule has 0 spiro atoms. The molecule has 0 fully saturated rings. The molecule has 0 amide bonds. The predicted octanol–water partition coefficient (Wildman–Crippen LogP) is 2.60. The summed E-state index contributed by atoms with van der Waals surface area (Å²) in [5.74, 6) is -0.953. The van der Waals surface area contributed by atoms with Crippen molar-refractivity contribution >= 4 is 51.8 Å². The molecule has 1 rings (SSSR count). The number of carbonyl (C=O) groups excluding carboxylic acids is 2. The first-order valence-corrected chi connectivity index (χ1v) is 7.06. The van der Waals surface area contributed by atoms with E-state index in [0.717, 1.165) is 9.65 Å². The zero-order valence-corrected chi connectivity index (χ0v) is 14.4. The molecule has 0 saturated heterocycles. The first-order valence-electron chi connectivity index (χ1n) is 5.61. The standard InChI is InChI=1S/C13H13ClINO5/c1-19-11-5-9(8(15)4-7(11)14)16-10(13(18)21-3)6-12(17)20-2/h4-6,16H,1-3H3/b10-6+. The molecule has 1 aromatic carbocycles. The monoisotopic (exact) mass is 425 g/mol. The second kappa shape index (κ2) is 8.08. The number of hydrogen-bond acceptors (Lipinski definition) is 6. The van der Waals surface area contributed by atoms with Crippen LogP contribution in [0.3, 0.4) is 0 Å². The molecule has 0 aromatic heterocycles. The number of rotatable bonds is 5. The lowest BCUT2D eigenvalue weighted by Gasteiger charge is -2.13. The van der Waals surface area contributed by atoms with Crippen molar-refractivity contribution in [2.24, 2.45) is 0 Å². The van der Waals surface area contributed by atoms with Crippen LogP contribution >= 0.6 is 34.2 Å². The molecule has 0 aliphatic heterocycles. The van der Waals surface area contributed by atoms with E-state index < -0.39 is 11.9 Å². The Labute approximate surface area is 140 Å². The van der Waals surface area contributed by atoms with Gasteiger partial charge >= 0.3 is 11.9 Å². The van der Waals surface area contributed by atoms with Gasteiger partial charge in [-0.2, -0.15) is 0 Å². The first kappa shape index (κ1) is 17.6. The fraction of sp³-hybridized carbons (Fsp3) is 0.231. The van der Waals surface area contributed by atoms with E-state index in [1.54, 1.807) is 12.1 Å². The summed E-state index contributed by atoms with van der Waals surface area (Å²) in [6, 6.07) is 3.27. The number of carbonyl (C=O) groups is 2. The molecule has 0 radical (unpaired) electrons. The molecular weight excluding hydrogens is 413 g/mol. The van der Waals surface area contributed by atoms with Gasteiger partial charge in [-0.05, 0) is 28.7 Å². The number of anilines is 1. The molecule has 1 aromatic rings. The third-order valence-corrected chi connectivity index (χ3v) is 3.57. The normalized spacial score (nSPS) is 10.8. The third-order valence-electron chi connectivity index (χ3n) is 2.38. The van der Waals surface area contributed by atoms with Crippen LogP contribution in [-0.4, -0.2) is 33.3 Å². The molecule has 0 unspecified atom stereocenters. The van der Waals surface area contributed by atoms with Crippen molar-refractivity contribution in [3.05, 3.63) is 32.5 Å². The number of benzene rings is 1. The summed E-state index contributed by atoms with van der Waals surface area (Å²) in [7, 11) is 3.90. The second-order valence-corrected chi connectivity index (χ2v) is 5.23. The van der Waals surface area contributed by atoms with Gasteiger partial charge in [0.2, 0.25) is 0 Å². The zero-order valence-electron chi connectivity index (χ0n) is 11.5. The average molecular weight is 426 g/mol. The minimum Gasteiger partial charge on any atom is -0.495 e. The van der Waals surface area contributed by atoms with E-state index in [0.29, 0.717) is 16.5 Å². The summed E-state index contributed by atoms with van der Waals surface area (Å²) in [4.78, 5) is 23.0. The molecule has 8 heteroatoms. The molecule has 0 bridgehead atoms. The summed E-state index contributed by atoms with van der Waals surface area (Å²) in [6.07, 6.45) is 1.00. The van der Waals surface area contributed by atoms with Crippen LogP contribution in [0.1, 0.15) is 0 Å². The lowest BCUT2D eigenvalue weighted by Crippen LogP contribution is -2.16. The molecule has 1 N–H and O–H groups in total. The minimum atomic E-state index is -0.704. The van der Waals surface area contributed by atoms with Gasteiger partial charge in [0, 0.05) is 9.64 Å². The number of ether oxygens (including phenoxy) is 3. The quantitative estimate of drug-likeness (QED) is 0.444. The van der Waals surface area contributed by atoms with Crippen molar-refractivity contribution in [2.75, 3.05) is 26.6 Å². The smallest absolute Gasteiger partial charge is 0.354 e. The van der Waals surface area contributed by atoms with Crippen LogP contribution in [-0.2, 0) is 19.1 Å². The van der Waals surface area contributed by atoms with Crippen molar-refractivity contribution in [1.82, 2.24) is 0 Å². The van der Waals surface area contributed by atoms with Crippen LogP contribution in [0.4, 0.5) is 5.69 Å². The van der Waals surface area contributed by atoms with Gasteiger partial charge in [-0.25, -0.2) is 9.59 Å². The van der Waals surface area contributed by atoms with Crippen LogP contribution in [0.2, 0.25) is 5.02 Å². The Morgan fingerprint density at radius 2 is 1.90 bits per heavy atom. The van der Waals surface area contributed by atoms with Crippen LogP contribution in [0.5, 0.6) is 5.75 Å². The summed E-state index contributed by atoms with van der Waals surface area (Å²) in [5, 5.41) is 3.24. The van der Waals surface area contributed by atoms with E-state index in [4.69, 9.17) is 16.3 Å². The topological polar surface area (TPSA) is 73.9 Å². The molecule has 0 aliphatic rings. The molecule has 0 heterocycles. The van der Waals surface area contributed by atoms with Gasteiger partial charge in [-0.15, -0.1) is 0 Å². The maximum atomic E-state index is 11.7. The lowest BCUT2D eigenvalue weighted by atomic mass is 10.2. The van der Waals surface area contributed by atoms with Gasteiger partial charge in [-0.3, -0.25) is 0 Å². The Balaban J connectivity index is 3.18. The maximum Gasteiger partial charge on any atom is 0.354 e. The summed E-state index contributed by atoms with van der Waals surface area (Å²) < 4.78 is 15.0. The highest BCUT2D eigenvalue weighted by Gasteiger charge is 2.15. The van der Waals surface area contributed by atoms with Gasteiger partial charge in [0.05, 0.1) is 38.1 Å². The number of halogens is 2. The van der Waals surface area contributed by atoms with E-state index in [-0.39, 0.29) is 5.70 Å². The van der Waals surface area contributed by atoms with Crippen molar-refractivity contribution in [2.45, 2.75) is 0 Å². The van der Waals surface area contributed by atoms with Crippen molar-refractivity contribution in [3.63, 3.8) is 0 Å². The van der Waals surface area contributed by atoms with Crippen molar-refractivity contribution < 1.29 is 23.8 Å². The van der Waals surface area contributed by atoms with Gasteiger partial charge in [-0.1, -0.05) is 11.6 Å². The number of hydrogen-bond donors (Lipinski definition) is 1. The van der Waals surface area contributed by atoms with Crippen LogP contribution in [0, 0.1) is 3.57 Å². The Morgan fingerprint density at radius 1 is 1.24 bits per heavy atom. The highest BCUT2D eigenvalue weighted by Crippen LogP contribution is 2.32. The van der Waals surface area contributed by atoms with E-state index >= 15 is 0 Å². The molecule has 0 atom stereocenters. The lowest BCUT2D eigenvalue weighted by molar-refractivity contribution is -0.138. The van der Waals surface area contributed by atoms with Gasteiger partial charge in [0.25, 0.3) is 0 Å². The summed E-state index contributed by atoms with van der Waals surface area (Å²) in [5.41, 5.74) is 0.476. The largest absolute Gasteiger partial charge is 0.495 e. The second-order valence-electron chi connectivity index (χ2n) is 3.66. The van der Waals surface area contributed by atoms with Crippen molar-refractivity contribution in [1.29, 1.82) is 0 Å². The number of esters is 2. The first-order chi connectivity index (χ1) is 9.92. The fourth-order valence-electron chi connectivity index (χ4n) is 1.36. The molecule has 0 saturated carbocycles. The third kappa shape index (κ3) is 4.78. The van der Waals surface area contributed by atoms with Crippen LogP contribution < -0.4 is 10.1 Å². The SMILES string of the molecule is COC(=O)/C=C(/Nc1cc(OC)c(Cl)cc1I)C(=O)OC. The summed E-state index contributed by atoms with van der Waals surface area (Å²) in [6.45, 7) is 0. The van der Waals surface area contributed by atoms with Gasteiger partial charge < -0.3 is 19.5 Å². The minimum absolute atomic E-state index is 0.0633. The number of nitrogens with one attached hydrogen (secondary N) is 1. The fourth-order valence-corrected chi connectivity index (χ4v) is 2.39. The van der Waals surface area contributed by atoms with Crippen molar-refractivity contribution in [3.8, 4) is 5.75 Å². The highest BCUT2D eigenvalue weighted by molar-refractivity contribution is 14.1. The molecule has 6 nitrogen and oxygen atoms in total. The Bertz CT molecular complexity index is 588. The molecule has 114 valence electrons.